The van der Waals surface area contributed by atoms with Crippen molar-refractivity contribution in [3.63, 3.8) is 0 Å². The van der Waals surface area contributed by atoms with Gasteiger partial charge in [0, 0.05) is 0 Å². The monoisotopic (exact) mass is 312 g/mol. The molecule has 0 unspecified atom stereocenters. The Morgan fingerprint density at radius 1 is 0.579 bits per heavy atom. The van der Waals surface area contributed by atoms with E-state index in [1.54, 1.807) is 0 Å². The largest absolute Gasteiger partial charge is 2.00 e. The first-order valence-corrected chi connectivity index (χ1v) is 7.61. The molecule has 2 aliphatic carbocycles. The second kappa shape index (κ2) is 13.5. The van der Waals surface area contributed by atoms with E-state index in [1.807, 2.05) is 0 Å². The Balaban J connectivity index is -0.000000233. The molecule has 0 aromatic rings. The van der Waals surface area contributed by atoms with Crippen molar-refractivity contribution in [1.82, 2.24) is 0 Å². The molecule has 0 nitrogen and oxygen atoms in total. The Morgan fingerprint density at radius 2 is 0.789 bits per heavy atom. The van der Waals surface area contributed by atoms with Crippen LogP contribution in [0.3, 0.4) is 0 Å². The quantitative estimate of drug-likeness (QED) is 0.400. The van der Waals surface area contributed by atoms with Crippen molar-refractivity contribution >= 4 is 0 Å². The summed E-state index contributed by atoms with van der Waals surface area (Å²) in [7, 11) is 0. The number of hydrogen-bond donors (Lipinski definition) is 0. The van der Waals surface area contributed by atoms with Gasteiger partial charge in [-0.3, -0.25) is 0 Å². The van der Waals surface area contributed by atoms with E-state index in [0.717, 1.165) is 23.7 Å². The Bertz CT molecular complexity index is 143. The number of hydrogen-bond acceptors (Lipinski definition) is 0. The summed E-state index contributed by atoms with van der Waals surface area (Å²) in [4.78, 5) is 0. The zero-order valence-electron chi connectivity index (χ0n) is 14.3. The van der Waals surface area contributed by atoms with Gasteiger partial charge in [0.1, 0.15) is 0 Å². The summed E-state index contributed by atoms with van der Waals surface area (Å²) in [5, 5.41) is 0. The Morgan fingerprint density at radius 3 is 0.895 bits per heavy atom. The van der Waals surface area contributed by atoms with Crippen LogP contribution in [0.4, 0.5) is 0 Å². The van der Waals surface area contributed by atoms with Crippen molar-refractivity contribution < 1.29 is 16.5 Å². The zero-order valence-corrected chi connectivity index (χ0v) is 15.3. The molecule has 0 spiro atoms. The van der Waals surface area contributed by atoms with Crippen LogP contribution in [0.1, 0.15) is 79.1 Å². The molecule has 0 atom stereocenters. The van der Waals surface area contributed by atoms with Crippen molar-refractivity contribution in [3.8, 4) is 0 Å². The van der Waals surface area contributed by atoms with Crippen LogP contribution >= 0.6 is 0 Å². The molecule has 0 aromatic heterocycles. The molecule has 0 amide bonds. The van der Waals surface area contributed by atoms with E-state index in [1.165, 1.54) is 51.4 Å². The molecular weight excluding hydrogens is 275 g/mol. The maximum atomic E-state index is 2.34. The molecule has 2 rings (SSSR count). The van der Waals surface area contributed by atoms with Gasteiger partial charge in [-0.2, -0.15) is 0 Å². The van der Waals surface area contributed by atoms with Gasteiger partial charge in [0.2, 0.25) is 0 Å². The summed E-state index contributed by atoms with van der Waals surface area (Å²) < 4.78 is 0. The van der Waals surface area contributed by atoms with Gasteiger partial charge in [-0.05, 0) is 23.7 Å². The van der Waals surface area contributed by atoms with Crippen LogP contribution in [0.2, 0.25) is 0 Å². The van der Waals surface area contributed by atoms with Crippen molar-refractivity contribution in [3.05, 3.63) is 14.9 Å². The number of rotatable bonds is 2. The molecule has 2 aliphatic rings. The third-order valence-corrected chi connectivity index (χ3v) is 4.69. The predicted octanol–water partition coefficient (Wildman–Crippen LogP) is 6.56. The van der Waals surface area contributed by atoms with Crippen molar-refractivity contribution in [1.29, 1.82) is 0 Å². The van der Waals surface area contributed by atoms with Crippen LogP contribution in [0.15, 0.2) is 0 Å². The molecule has 0 radical (unpaired) electrons. The third kappa shape index (κ3) is 9.94. The summed E-state index contributed by atoms with van der Waals surface area (Å²) in [5.74, 6) is 4.01. The van der Waals surface area contributed by atoms with E-state index in [0.29, 0.717) is 0 Å². The molecule has 2 saturated carbocycles. The smallest absolute Gasteiger partial charge is 0.358 e. The van der Waals surface area contributed by atoms with Crippen molar-refractivity contribution in [2.24, 2.45) is 23.7 Å². The van der Waals surface area contributed by atoms with Gasteiger partial charge in [0.05, 0.1) is 0 Å². The van der Waals surface area contributed by atoms with Crippen LogP contribution in [0.25, 0.3) is 0 Å². The second-order valence-electron chi connectivity index (χ2n) is 6.58. The van der Waals surface area contributed by atoms with Gasteiger partial charge >= 0.3 is 16.5 Å². The summed E-state index contributed by atoms with van der Waals surface area (Å²) >= 11 is 0. The Labute approximate surface area is 134 Å². The molecule has 0 heterocycles. The molecule has 19 heavy (non-hydrogen) atoms. The predicted molar refractivity (Wildman–Crippen MR) is 86.4 cm³/mol. The fourth-order valence-corrected chi connectivity index (χ4v) is 3.25. The second-order valence-corrected chi connectivity index (χ2v) is 6.58. The summed E-state index contributed by atoms with van der Waals surface area (Å²) in [6.07, 6.45) is 11.9. The van der Waals surface area contributed by atoms with Crippen molar-refractivity contribution in [2.75, 3.05) is 0 Å². The maximum absolute atomic E-state index is 2.34. The van der Waals surface area contributed by atoms with Gasteiger partial charge in [-0.1, -0.05) is 79.1 Å². The summed E-state index contributed by atoms with van der Waals surface area (Å²) in [6, 6.07) is 0. The van der Waals surface area contributed by atoms with E-state index in [9.17, 15) is 0 Å². The molecule has 0 bridgehead atoms. The van der Waals surface area contributed by atoms with Gasteiger partial charge in [0.25, 0.3) is 0 Å². The minimum Gasteiger partial charge on any atom is -0.358 e. The molecule has 120 valence electrons. The van der Waals surface area contributed by atoms with Crippen LogP contribution in [-0.2, 0) is 16.5 Å². The third-order valence-electron chi connectivity index (χ3n) is 4.69. The first kappa shape index (κ1) is 24.5. The van der Waals surface area contributed by atoms with E-state index in [2.05, 4.69) is 27.7 Å². The molecule has 1 heteroatoms. The fraction of sp³-hybridized carbons (Fsp3) is 0.889. The summed E-state index contributed by atoms with van der Waals surface area (Å²) in [6.45, 7) is 9.37. The minimum atomic E-state index is 0. The van der Waals surface area contributed by atoms with Crippen LogP contribution in [0.5, 0.6) is 0 Å². The maximum Gasteiger partial charge on any atom is 2.00 e. The zero-order chi connectivity index (χ0) is 12.0. The van der Waals surface area contributed by atoms with Crippen LogP contribution in [-0.4, -0.2) is 0 Å². The normalized spacial score (nSPS) is 19.3. The van der Waals surface area contributed by atoms with Crippen LogP contribution in [0, 0.1) is 38.5 Å². The molecule has 0 aromatic carbocycles. The standard InChI is InChI=1S/2C8H16.2CH3.Ni/c2*1-7(2)8-5-3-4-6-8;;;/h2*7-8H,3-6H2,1-2H3;2*1H3;/q;;2*-1;+2. The molecule has 0 saturated heterocycles. The minimum absolute atomic E-state index is 0. The SMILES string of the molecule is CC(C)C1CCCC1.CC(C)C1CCCC1.[CH3-].[CH3-].[Ni+2]. The van der Waals surface area contributed by atoms with E-state index >= 15 is 0 Å². The fourth-order valence-electron chi connectivity index (χ4n) is 3.25. The van der Waals surface area contributed by atoms with Gasteiger partial charge in [-0.25, -0.2) is 0 Å². The van der Waals surface area contributed by atoms with Crippen LogP contribution < -0.4 is 0 Å². The van der Waals surface area contributed by atoms with E-state index < -0.39 is 0 Å². The molecule has 2 fully saturated rings. The van der Waals surface area contributed by atoms with E-state index in [4.69, 9.17) is 0 Å². The Hall–Kier alpha value is 0.494. The molecular formula is C18H38Ni. The average molecular weight is 313 g/mol. The topological polar surface area (TPSA) is 0 Å². The first-order chi connectivity index (χ1) is 7.61. The molecule has 0 N–H and O–H groups in total. The first-order valence-electron chi connectivity index (χ1n) is 7.61. The van der Waals surface area contributed by atoms with Crippen molar-refractivity contribution in [2.45, 2.75) is 79.1 Å². The molecule has 0 aliphatic heterocycles. The Kier molecular flexibility index (Phi) is 17.4. The summed E-state index contributed by atoms with van der Waals surface area (Å²) in [5.41, 5.74) is 0. The van der Waals surface area contributed by atoms with Gasteiger partial charge < -0.3 is 14.9 Å². The van der Waals surface area contributed by atoms with Gasteiger partial charge in [0.15, 0.2) is 0 Å². The average Bonchev–Trinajstić information content (AvgIpc) is 2.93. The van der Waals surface area contributed by atoms with E-state index in [-0.39, 0.29) is 31.3 Å². The van der Waals surface area contributed by atoms with Gasteiger partial charge in [-0.15, -0.1) is 0 Å².